The van der Waals surface area contributed by atoms with Gasteiger partial charge in [-0.2, -0.15) is 0 Å². The molecule has 1 rings (SSSR count). The smallest absolute Gasteiger partial charge is 0.0601 e. The van der Waals surface area contributed by atoms with Crippen molar-refractivity contribution in [2.24, 2.45) is 5.73 Å². The van der Waals surface area contributed by atoms with E-state index in [0.29, 0.717) is 12.1 Å². The molecule has 0 saturated heterocycles. The summed E-state index contributed by atoms with van der Waals surface area (Å²) in [4.78, 5) is 0. The molecule has 0 aromatic rings. The molecule has 13 heavy (non-hydrogen) atoms. The number of nitrogens with one attached hydrogen (secondary N) is 1. The van der Waals surface area contributed by atoms with Gasteiger partial charge in [0.1, 0.15) is 0 Å². The topological polar surface area (TPSA) is 47.3 Å². The second-order valence-electron chi connectivity index (χ2n) is 4.41. The molecule has 1 aliphatic carbocycles. The number of ether oxygens (including phenoxy) is 1. The van der Waals surface area contributed by atoms with Gasteiger partial charge in [-0.1, -0.05) is 6.92 Å². The Hall–Kier alpha value is -0.120. The van der Waals surface area contributed by atoms with Crippen molar-refractivity contribution in [1.29, 1.82) is 0 Å². The fourth-order valence-electron chi connectivity index (χ4n) is 1.43. The standard InChI is InChI=1S/C10H22N2O/c1-4-10(2,11)7-12-8-5-9(6-8)13-3/h8-9,12H,4-7,11H2,1-3H3. The number of hydrogen-bond donors (Lipinski definition) is 2. The quantitative estimate of drug-likeness (QED) is 0.670. The summed E-state index contributed by atoms with van der Waals surface area (Å²) in [6.45, 7) is 5.12. The lowest BCUT2D eigenvalue weighted by atomic mass is 9.88. The van der Waals surface area contributed by atoms with Gasteiger partial charge in [-0.05, 0) is 26.2 Å². The van der Waals surface area contributed by atoms with Crippen molar-refractivity contribution in [3.8, 4) is 0 Å². The third-order valence-electron chi connectivity index (χ3n) is 3.03. The van der Waals surface area contributed by atoms with E-state index in [-0.39, 0.29) is 5.54 Å². The van der Waals surface area contributed by atoms with Crippen LogP contribution in [0.25, 0.3) is 0 Å². The summed E-state index contributed by atoms with van der Waals surface area (Å²) in [6, 6.07) is 0.624. The Balaban J connectivity index is 2.08. The van der Waals surface area contributed by atoms with E-state index < -0.39 is 0 Å². The van der Waals surface area contributed by atoms with E-state index in [9.17, 15) is 0 Å². The molecule has 0 radical (unpaired) electrons. The molecule has 1 atom stereocenters. The van der Waals surface area contributed by atoms with Crippen molar-refractivity contribution < 1.29 is 4.74 Å². The lowest BCUT2D eigenvalue weighted by molar-refractivity contribution is 0.0161. The summed E-state index contributed by atoms with van der Waals surface area (Å²) in [6.07, 6.45) is 3.76. The molecule has 1 saturated carbocycles. The molecule has 1 fully saturated rings. The van der Waals surface area contributed by atoms with Gasteiger partial charge in [-0.15, -0.1) is 0 Å². The van der Waals surface area contributed by atoms with E-state index >= 15 is 0 Å². The highest BCUT2D eigenvalue weighted by Crippen LogP contribution is 2.22. The Labute approximate surface area is 81.0 Å². The zero-order valence-corrected chi connectivity index (χ0v) is 8.97. The first-order valence-electron chi connectivity index (χ1n) is 5.12. The molecule has 0 aromatic carbocycles. The highest BCUT2D eigenvalue weighted by Gasteiger charge is 2.29. The monoisotopic (exact) mass is 186 g/mol. The molecule has 3 nitrogen and oxygen atoms in total. The maximum atomic E-state index is 6.02. The van der Waals surface area contributed by atoms with Gasteiger partial charge >= 0.3 is 0 Å². The fraction of sp³-hybridized carbons (Fsp3) is 1.00. The van der Waals surface area contributed by atoms with Gasteiger partial charge < -0.3 is 15.8 Å². The van der Waals surface area contributed by atoms with Gasteiger partial charge in [0, 0.05) is 25.2 Å². The summed E-state index contributed by atoms with van der Waals surface area (Å²) in [5, 5.41) is 3.47. The number of methoxy groups -OCH3 is 1. The SMILES string of the molecule is CCC(C)(N)CNC1CC(OC)C1. The van der Waals surface area contributed by atoms with Crippen molar-refractivity contribution in [3.63, 3.8) is 0 Å². The molecular formula is C10H22N2O. The van der Waals surface area contributed by atoms with Crippen LogP contribution in [0.15, 0.2) is 0 Å². The lowest BCUT2D eigenvalue weighted by Crippen LogP contribution is -2.53. The predicted molar refractivity (Wildman–Crippen MR) is 54.7 cm³/mol. The van der Waals surface area contributed by atoms with Gasteiger partial charge in [-0.25, -0.2) is 0 Å². The summed E-state index contributed by atoms with van der Waals surface area (Å²) in [5.41, 5.74) is 5.96. The molecule has 0 bridgehead atoms. The first-order valence-corrected chi connectivity index (χ1v) is 5.12. The van der Waals surface area contributed by atoms with Gasteiger partial charge in [0.2, 0.25) is 0 Å². The average molecular weight is 186 g/mol. The maximum Gasteiger partial charge on any atom is 0.0601 e. The second-order valence-corrected chi connectivity index (χ2v) is 4.41. The van der Waals surface area contributed by atoms with Gasteiger partial charge in [0.15, 0.2) is 0 Å². The number of rotatable bonds is 5. The van der Waals surface area contributed by atoms with Crippen molar-refractivity contribution >= 4 is 0 Å². The van der Waals surface area contributed by atoms with E-state index in [1.807, 2.05) is 0 Å². The number of hydrogen-bond acceptors (Lipinski definition) is 3. The summed E-state index contributed by atoms with van der Waals surface area (Å²) < 4.78 is 5.20. The van der Waals surface area contributed by atoms with E-state index in [4.69, 9.17) is 10.5 Å². The predicted octanol–water partition coefficient (Wildman–Crippen LogP) is 0.881. The molecule has 3 heteroatoms. The minimum atomic E-state index is -0.0574. The minimum Gasteiger partial charge on any atom is -0.381 e. The Kier molecular flexibility index (Phi) is 3.71. The second kappa shape index (κ2) is 4.40. The maximum absolute atomic E-state index is 6.02. The summed E-state index contributed by atoms with van der Waals surface area (Å²) in [5.74, 6) is 0. The third-order valence-corrected chi connectivity index (χ3v) is 3.03. The van der Waals surface area contributed by atoms with Crippen molar-refractivity contribution in [3.05, 3.63) is 0 Å². The van der Waals surface area contributed by atoms with Crippen LogP contribution in [-0.4, -0.2) is 31.3 Å². The minimum absolute atomic E-state index is 0.0574. The molecule has 0 heterocycles. The highest BCUT2D eigenvalue weighted by molar-refractivity contribution is 4.89. The number of nitrogens with two attached hydrogens (primary N) is 1. The van der Waals surface area contributed by atoms with E-state index in [1.165, 1.54) is 0 Å². The van der Waals surface area contributed by atoms with Crippen LogP contribution in [0, 0.1) is 0 Å². The van der Waals surface area contributed by atoms with Crippen molar-refractivity contribution in [1.82, 2.24) is 5.32 Å². The van der Waals surface area contributed by atoms with Gasteiger partial charge in [0.25, 0.3) is 0 Å². The molecule has 1 aliphatic rings. The third kappa shape index (κ3) is 3.25. The van der Waals surface area contributed by atoms with E-state index in [2.05, 4.69) is 19.2 Å². The Bertz CT molecular complexity index is 153. The Morgan fingerprint density at radius 3 is 2.62 bits per heavy atom. The van der Waals surface area contributed by atoms with E-state index in [0.717, 1.165) is 25.8 Å². The molecular weight excluding hydrogens is 164 g/mol. The molecule has 1 unspecified atom stereocenters. The summed E-state index contributed by atoms with van der Waals surface area (Å²) >= 11 is 0. The van der Waals surface area contributed by atoms with Crippen molar-refractivity contribution in [2.45, 2.75) is 50.8 Å². The van der Waals surface area contributed by atoms with Crippen LogP contribution in [0.4, 0.5) is 0 Å². The van der Waals surface area contributed by atoms with Gasteiger partial charge in [-0.3, -0.25) is 0 Å². The van der Waals surface area contributed by atoms with Crippen molar-refractivity contribution in [2.75, 3.05) is 13.7 Å². The van der Waals surface area contributed by atoms with Crippen LogP contribution in [0.3, 0.4) is 0 Å². The molecule has 78 valence electrons. The van der Waals surface area contributed by atoms with E-state index in [1.54, 1.807) is 7.11 Å². The molecule has 0 amide bonds. The Morgan fingerprint density at radius 1 is 1.54 bits per heavy atom. The largest absolute Gasteiger partial charge is 0.381 e. The zero-order valence-electron chi connectivity index (χ0n) is 8.97. The van der Waals surface area contributed by atoms with Crippen LogP contribution < -0.4 is 11.1 Å². The highest BCUT2D eigenvalue weighted by atomic mass is 16.5. The molecule has 0 aliphatic heterocycles. The molecule has 0 spiro atoms. The zero-order chi connectivity index (χ0) is 9.90. The molecule has 0 aromatic heterocycles. The molecule has 3 N–H and O–H groups in total. The van der Waals surface area contributed by atoms with Crippen LogP contribution in [0.1, 0.15) is 33.1 Å². The summed E-state index contributed by atoms with van der Waals surface area (Å²) in [7, 11) is 1.78. The normalized spacial score (nSPS) is 32.3. The first-order chi connectivity index (χ1) is 6.07. The van der Waals surface area contributed by atoms with Crippen LogP contribution >= 0.6 is 0 Å². The lowest BCUT2D eigenvalue weighted by Gasteiger charge is -2.37. The van der Waals surface area contributed by atoms with Gasteiger partial charge in [0.05, 0.1) is 6.10 Å². The first kappa shape index (κ1) is 11.0. The van der Waals surface area contributed by atoms with Crippen LogP contribution in [0.5, 0.6) is 0 Å². The Morgan fingerprint density at radius 2 is 2.15 bits per heavy atom. The van der Waals surface area contributed by atoms with Crippen LogP contribution in [-0.2, 0) is 4.74 Å². The average Bonchev–Trinajstić information content (AvgIpc) is 2.02. The van der Waals surface area contributed by atoms with Crippen LogP contribution in [0.2, 0.25) is 0 Å². The fourth-order valence-corrected chi connectivity index (χ4v) is 1.43.